The first kappa shape index (κ1) is 20.6. The molecule has 6 nitrogen and oxygen atoms in total. The van der Waals surface area contributed by atoms with Crippen LogP contribution in [0.3, 0.4) is 0 Å². The van der Waals surface area contributed by atoms with E-state index in [9.17, 15) is 0 Å². The van der Waals surface area contributed by atoms with Crippen LogP contribution in [0.4, 0.5) is 11.5 Å². The Labute approximate surface area is 198 Å². The summed E-state index contributed by atoms with van der Waals surface area (Å²) < 4.78 is 7.52. The van der Waals surface area contributed by atoms with Crippen molar-refractivity contribution in [3.05, 3.63) is 94.3 Å². The molecule has 0 bridgehead atoms. The lowest BCUT2D eigenvalue weighted by atomic mass is 10.3. The van der Waals surface area contributed by atoms with Gasteiger partial charge in [-0.15, -0.1) is 0 Å². The second-order valence-electron chi connectivity index (χ2n) is 6.82. The Kier molecular flexibility index (Phi) is 5.57. The first-order valence-corrected chi connectivity index (χ1v) is 10.6. The van der Waals surface area contributed by atoms with Crippen molar-refractivity contribution in [2.24, 2.45) is 0 Å². The standard InChI is InChI=1S/C23H14Cl3N5O/c24-14-1-6-17(7-2-14)32-18-8-3-15(4-9-18)30-22-19-12-29-31(23(19)28-13-27-22)16-5-10-20(25)21(26)11-16/h1-13H,(H,27,28,30). The molecule has 0 radical (unpaired) electrons. The van der Waals surface area contributed by atoms with Crippen molar-refractivity contribution >= 4 is 57.3 Å². The van der Waals surface area contributed by atoms with Gasteiger partial charge in [0.1, 0.15) is 23.6 Å². The summed E-state index contributed by atoms with van der Waals surface area (Å²) in [5.41, 5.74) is 2.24. The van der Waals surface area contributed by atoms with Crippen LogP contribution in [0.1, 0.15) is 0 Å². The SMILES string of the molecule is Clc1ccc(Oc2ccc(Nc3ncnc4c3cnn4-c3ccc(Cl)c(Cl)c3)cc2)cc1. The molecule has 0 atom stereocenters. The van der Waals surface area contributed by atoms with Gasteiger partial charge in [-0.05, 0) is 66.7 Å². The Bertz CT molecular complexity index is 1400. The van der Waals surface area contributed by atoms with E-state index in [1.807, 2.05) is 42.5 Å². The number of aromatic nitrogens is 4. The summed E-state index contributed by atoms with van der Waals surface area (Å²) in [5.74, 6) is 2.05. The second-order valence-corrected chi connectivity index (χ2v) is 8.07. The normalized spacial score (nSPS) is 11.0. The molecule has 1 N–H and O–H groups in total. The van der Waals surface area contributed by atoms with Gasteiger partial charge in [0.15, 0.2) is 5.65 Å². The average Bonchev–Trinajstić information content (AvgIpc) is 3.24. The van der Waals surface area contributed by atoms with Gasteiger partial charge in [0, 0.05) is 10.7 Å². The molecule has 158 valence electrons. The molecular weight excluding hydrogens is 469 g/mol. The number of hydrogen-bond donors (Lipinski definition) is 1. The molecule has 0 amide bonds. The zero-order chi connectivity index (χ0) is 22.1. The van der Waals surface area contributed by atoms with Crippen LogP contribution in [0, 0.1) is 0 Å². The summed E-state index contributed by atoms with van der Waals surface area (Å²) in [7, 11) is 0. The quantitative estimate of drug-likeness (QED) is 0.284. The maximum Gasteiger partial charge on any atom is 0.168 e. The van der Waals surface area contributed by atoms with E-state index in [2.05, 4.69) is 20.4 Å². The topological polar surface area (TPSA) is 64.9 Å². The number of halogens is 3. The number of rotatable bonds is 5. The molecule has 2 heterocycles. The summed E-state index contributed by atoms with van der Waals surface area (Å²) in [4.78, 5) is 8.76. The van der Waals surface area contributed by atoms with Crippen LogP contribution < -0.4 is 10.1 Å². The number of fused-ring (bicyclic) bond motifs is 1. The zero-order valence-corrected chi connectivity index (χ0v) is 18.6. The van der Waals surface area contributed by atoms with Crippen LogP contribution in [-0.4, -0.2) is 19.7 Å². The van der Waals surface area contributed by atoms with Crippen molar-refractivity contribution in [2.45, 2.75) is 0 Å². The predicted octanol–water partition coefficient (Wildman–Crippen LogP) is 7.31. The van der Waals surface area contributed by atoms with Crippen molar-refractivity contribution in [3.8, 4) is 17.2 Å². The number of nitrogens with zero attached hydrogens (tertiary/aromatic N) is 4. The summed E-state index contributed by atoms with van der Waals surface area (Å²) in [6.07, 6.45) is 3.19. The number of hydrogen-bond acceptors (Lipinski definition) is 5. The fourth-order valence-corrected chi connectivity index (χ4v) is 3.55. The molecule has 9 heteroatoms. The Morgan fingerprint density at radius 1 is 0.781 bits per heavy atom. The molecular formula is C23H14Cl3N5O. The number of nitrogens with one attached hydrogen (secondary N) is 1. The van der Waals surface area contributed by atoms with E-state index < -0.39 is 0 Å². The molecule has 5 rings (SSSR count). The highest BCUT2D eigenvalue weighted by Gasteiger charge is 2.12. The summed E-state index contributed by atoms with van der Waals surface area (Å²) in [5, 5.41) is 10.1. The van der Waals surface area contributed by atoms with E-state index in [4.69, 9.17) is 39.5 Å². The number of ether oxygens (including phenoxy) is 1. The lowest BCUT2D eigenvalue weighted by Crippen LogP contribution is -1.99. The van der Waals surface area contributed by atoms with Gasteiger partial charge in [0.05, 0.1) is 27.3 Å². The Morgan fingerprint density at radius 3 is 2.22 bits per heavy atom. The van der Waals surface area contributed by atoms with Gasteiger partial charge in [0.2, 0.25) is 0 Å². The first-order chi connectivity index (χ1) is 15.6. The minimum Gasteiger partial charge on any atom is -0.457 e. The van der Waals surface area contributed by atoms with E-state index >= 15 is 0 Å². The summed E-state index contributed by atoms with van der Waals surface area (Å²) >= 11 is 18.1. The molecule has 0 unspecified atom stereocenters. The smallest absolute Gasteiger partial charge is 0.168 e. The van der Waals surface area contributed by atoms with Gasteiger partial charge >= 0.3 is 0 Å². The third-order valence-corrected chi connectivity index (χ3v) is 5.67. The van der Waals surface area contributed by atoms with Crippen LogP contribution >= 0.6 is 34.8 Å². The minimum absolute atomic E-state index is 0.445. The van der Waals surface area contributed by atoms with Crippen LogP contribution in [-0.2, 0) is 0 Å². The zero-order valence-electron chi connectivity index (χ0n) is 16.3. The van der Waals surface area contributed by atoms with Crippen LogP contribution in [0.5, 0.6) is 11.5 Å². The monoisotopic (exact) mass is 481 g/mol. The molecule has 3 aromatic carbocycles. The highest BCUT2D eigenvalue weighted by molar-refractivity contribution is 6.42. The summed E-state index contributed by atoms with van der Waals surface area (Å²) in [6.45, 7) is 0. The summed E-state index contributed by atoms with van der Waals surface area (Å²) in [6, 6.07) is 20.0. The van der Waals surface area contributed by atoms with Gasteiger partial charge in [-0.3, -0.25) is 0 Å². The van der Waals surface area contributed by atoms with Crippen LogP contribution in [0.15, 0.2) is 79.3 Å². The van der Waals surface area contributed by atoms with Crippen molar-refractivity contribution in [3.63, 3.8) is 0 Å². The molecule has 0 saturated carbocycles. The van der Waals surface area contributed by atoms with E-state index in [-0.39, 0.29) is 0 Å². The maximum absolute atomic E-state index is 6.16. The first-order valence-electron chi connectivity index (χ1n) is 9.51. The van der Waals surface area contributed by atoms with Gasteiger partial charge in [-0.25, -0.2) is 14.6 Å². The van der Waals surface area contributed by atoms with Gasteiger partial charge in [-0.1, -0.05) is 34.8 Å². The van der Waals surface area contributed by atoms with Crippen molar-refractivity contribution < 1.29 is 4.74 Å². The van der Waals surface area contributed by atoms with E-state index in [0.29, 0.717) is 38.0 Å². The number of anilines is 2. The average molecular weight is 483 g/mol. The van der Waals surface area contributed by atoms with E-state index in [1.54, 1.807) is 35.1 Å². The molecule has 0 fully saturated rings. The largest absolute Gasteiger partial charge is 0.457 e. The fourth-order valence-electron chi connectivity index (χ4n) is 3.13. The van der Waals surface area contributed by atoms with Crippen molar-refractivity contribution in [1.29, 1.82) is 0 Å². The predicted molar refractivity (Wildman–Crippen MR) is 128 cm³/mol. The van der Waals surface area contributed by atoms with Gasteiger partial charge in [-0.2, -0.15) is 5.10 Å². The van der Waals surface area contributed by atoms with E-state index in [0.717, 1.165) is 16.8 Å². The van der Waals surface area contributed by atoms with Crippen molar-refractivity contribution in [1.82, 2.24) is 19.7 Å². The van der Waals surface area contributed by atoms with Crippen molar-refractivity contribution in [2.75, 3.05) is 5.32 Å². The molecule has 32 heavy (non-hydrogen) atoms. The van der Waals surface area contributed by atoms with E-state index in [1.165, 1.54) is 6.33 Å². The third kappa shape index (κ3) is 4.21. The fraction of sp³-hybridized carbons (Fsp3) is 0. The Morgan fingerprint density at radius 2 is 1.50 bits per heavy atom. The second kappa shape index (κ2) is 8.67. The minimum atomic E-state index is 0.445. The molecule has 0 aliphatic heterocycles. The molecule has 0 saturated heterocycles. The maximum atomic E-state index is 6.16. The highest BCUT2D eigenvalue weighted by Crippen LogP contribution is 2.29. The highest BCUT2D eigenvalue weighted by atomic mass is 35.5. The third-order valence-electron chi connectivity index (χ3n) is 4.68. The number of benzene rings is 3. The molecule has 0 spiro atoms. The lowest BCUT2D eigenvalue weighted by Gasteiger charge is -2.09. The van der Waals surface area contributed by atoms with Gasteiger partial charge in [0.25, 0.3) is 0 Å². The van der Waals surface area contributed by atoms with Gasteiger partial charge < -0.3 is 10.1 Å². The van der Waals surface area contributed by atoms with Crippen LogP contribution in [0.25, 0.3) is 16.7 Å². The molecule has 0 aliphatic carbocycles. The molecule has 2 aromatic heterocycles. The van der Waals surface area contributed by atoms with Crippen LogP contribution in [0.2, 0.25) is 15.1 Å². The Hall–Kier alpha value is -3.32. The molecule has 5 aromatic rings. The lowest BCUT2D eigenvalue weighted by molar-refractivity contribution is 0.483. The Balaban J connectivity index is 1.39. The molecule has 0 aliphatic rings.